The summed E-state index contributed by atoms with van der Waals surface area (Å²) in [5, 5.41) is 22.3. The topological polar surface area (TPSA) is 72.3 Å². The van der Waals surface area contributed by atoms with Crippen molar-refractivity contribution in [1.29, 1.82) is 5.26 Å². The summed E-state index contributed by atoms with van der Waals surface area (Å²) in [6.45, 7) is 0. The first kappa shape index (κ1) is 23.8. The van der Waals surface area contributed by atoms with Crippen molar-refractivity contribution in [2.24, 2.45) is 0 Å². The van der Waals surface area contributed by atoms with E-state index in [2.05, 4.69) is 117 Å². The van der Waals surface area contributed by atoms with Crippen LogP contribution in [0.25, 0.3) is 98.3 Å². The van der Waals surface area contributed by atoms with Gasteiger partial charge < -0.3 is 9.13 Å². The summed E-state index contributed by atoms with van der Waals surface area (Å²) >= 11 is 0. The van der Waals surface area contributed by atoms with Crippen LogP contribution < -0.4 is 0 Å². The Balaban J connectivity index is 1.30. The van der Waals surface area contributed by atoms with Crippen LogP contribution in [0.5, 0.6) is 0 Å². The van der Waals surface area contributed by atoms with Gasteiger partial charge in [-0.25, -0.2) is 9.97 Å². The Bertz CT molecular complexity index is 2730. The molecule has 0 spiro atoms. The molecule has 0 aliphatic carbocycles. The second-order valence-corrected chi connectivity index (χ2v) is 11.9. The predicted octanol–water partition coefficient (Wildman–Crippen LogP) is 9.43. The molecule has 210 valence electrons. The largest absolute Gasteiger partial charge is 0.308 e. The number of hydrogen-bond donors (Lipinski definition) is 0. The molecule has 4 aromatic heterocycles. The van der Waals surface area contributed by atoms with Crippen molar-refractivity contribution < 1.29 is 0 Å². The Morgan fingerprint density at radius 3 is 1.54 bits per heavy atom. The van der Waals surface area contributed by atoms with Gasteiger partial charge in [-0.15, -0.1) is 0 Å². The van der Waals surface area contributed by atoms with E-state index in [4.69, 9.17) is 9.97 Å². The van der Waals surface area contributed by atoms with Crippen LogP contribution >= 0.6 is 0 Å². The molecule has 0 bridgehead atoms. The van der Waals surface area contributed by atoms with Gasteiger partial charge in [-0.05, 0) is 53.2 Å². The van der Waals surface area contributed by atoms with Gasteiger partial charge in [-0.1, -0.05) is 60.7 Å². The number of pyridine rings is 1. The van der Waals surface area contributed by atoms with Crippen LogP contribution in [-0.4, -0.2) is 24.1 Å². The maximum Gasteiger partial charge on any atom is 0.116 e. The van der Waals surface area contributed by atoms with E-state index in [1.54, 1.807) is 6.33 Å². The summed E-state index contributed by atoms with van der Waals surface area (Å²) in [7, 11) is 0. The first-order valence-electron chi connectivity index (χ1n) is 15.3. The van der Waals surface area contributed by atoms with Crippen LogP contribution in [0.3, 0.4) is 0 Å². The zero-order valence-corrected chi connectivity index (χ0v) is 24.2. The van der Waals surface area contributed by atoms with Crippen LogP contribution in [-0.2, 0) is 0 Å². The Morgan fingerprint density at radius 2 is 0.957 bits per heavy atom. The third-order valence-electron chi connectivity index (χ3n) is 9.86. The minimum absolute atomic E-state index is 0.609. The van der Waals surface area contributed by atoms with Crippen LogP contribution in [0.4, 0.5) is 0 Å². The van der Waals surface area contributed by atoms with Crippen molar-refractivity contribution in [2.75, 3.05) is 0 Å². The van der Waals surface area contributed by atoms with Gasteiger partial charge in [-0.2, -0.15) is 5.26 Å². The highest BCUT2D eigenvalue weighted by molar-refractivity contribution is 6.35. The first-order chi connectivity index (χ1) is 22.8. The number of hydrogen-bond acceptors (Lipinski definition) is 4. The van der Waals surface area contributed by atoms with Crippen LogP contribution in [0.15, 0.2) is 122 Å². The third kappa shape index (κ3) is 2.71. The van der Waals surface area contributed by atoms with Gasteiger partial charge in [0.15, 0.2) is 0 Å². The predicted molar refractivity (Wildman–Crippen MR) is 186 cm³/mol. The molecule has 11 aromatic rings. The Labute approximate surface area is 260 Å². The minimum Gasteiger partial charge on any atom is -0.308 e. The lowest BCUT2D eigenvalue weighted by Gasteiger charge is -2.15. The highest BCUT2D eigenvalue weighted by Crippen LogP contribution is 2.46. The third-order valence-corrected chi connectivity index (χ3v) is 9.86. The maximum atomic E-state index is 11.0. The molecular formula is C40H20N6. The summed E-state index contributed by atoms with van der Waals surface area (Å²) in [4.78, 5) is 13.9. The molecule has 46 heavy (non-hydrogen) atoms. The smallest absolute Gasteiger partial charge is 0.116 e. The van der Waals surface area contributed by atoms with Gasteiger partial charge in [-0.3, -0.25) is 4.98 Å². The fourth-order valence-corrected chi connectivity index (χ4v) is 8.17. The lowest BCUT2D eigenvalue weighted by molar-refractivity contribution is 1.12. The first-order valence-corrected chi connectivity index (χ1v) is 15.3. The molecule has 6 nitrogen and oxygen atoms in total. The summed E-state index contributed by atoms with van der Waals surface area (Å²) in [5.74, 6) is 0. The van der Waals surface area contributed by atoms with Gasteiger partial charge >= 0.3 is 0 Å². The highest BCUT2D eigenvalue weighted by atomic mass is 15.0. The second-order valence-electron chi connectivity index (χ2n) is 11.9. The van der Waals surface area contributed by atoms with Gasteiger partial charge in [0.05, 0.1) is 44.5 Å². The number of benzene rings is 7. The highest BCUT2D eigenvalue weighted by Gasteiger charge is 2.25. The van der Waals surface area contributed by atoms with Crippen molar-refractivity contribution in [3.05, 3.63) is 127 Å². The quantitative estimate of drug-likeness (QED) is 0.190. The lowest BCUT2D eigenvalue weighted by atomic mass is 9.97. The number of aromatic nitrogens is 5. The molecule has 0 aliphatic heterocycles. The molecule has 11 rings (SSSR count). The van der Waals surface area contributed by atoms with Gasteiger partial charge in [0.25, 0.3) is 0 Å². The molecule has 0 aliphatic rings. The zero-order valence-electron chi connectivity index (χ0n) is 24.2. The number of fused-ring (bicyclic) bond motifs is 6. The van der Waals surface area contributed by atoms with E-state index in [0.29, 0.717) is 5.56 Å². The number of nitriles is 1. The number of rotatable bonds is 2. The van der Waals surface area contributed by atoms with Crippen molar-refractivity contribution >= 4 is 87.0 Å². The Morgan fingerprint density at radius 1 is 0.478 bits per heavy atom. The van der Waals surface area contributed by atoms with E-state index in [1.165, 1.54) is 16.2 Å². The fraction of sp³-hybridized carbons (Fsp3) is 0. The maximum absolute atomic E-state index is 11.0. The summed E-state index contributed by atoms with van der Waals surface area (Å²) in [6, 6.07) is 38.6. The normalized spacial score (nSPS) is 12.3. The SMILES string of the molecule is N#Cc1c(-n2c3cccc4c5cccnc5c5cccc2c5c43)cccc1-n1c2cccc3c4cncnc4c4cccc1c4c32. The average Bonchev–Trinajstić information content (AvgIpc) is 3.64. The molecule has 0 amide bonds. The van der Waals surface area contributed by atoms with Crippen molar-refractivity contribution in [2.45, 2.75) is 0 Å². The average molecular weight is 585 g/mol. The van der Waals surface area contributed by atoms with E-state index in [9.17, 15) is 5.26 Å². The second kappa shape index (κ2) is 8.32. The van der Waals surface area contributed by atoms with Crippen LogP contribution in [0.1, 0.15) is 5.56 Å². The molecule has 0 radical (unpaired) electrons. The van der Waals surface area contributed by atoms with Crippen LogP contribution in [0.2, 0.25) is 0 Å². The van der Waals surface area contributed by atoms with Crippen LogP contribution in [0, 0.1) is 11.3 Å². The van der Waals surface area contributed by atoms with Crippen molar-refractivity contribution in [1.82, 2.24) is 24.1 Å². The fourth-order valence-electron chi connectivity index (χ4n) is 8.17. The molecule has 0 atom stereocenters. The Kier molecular flexibility index (Phi) is 4.31. The Hall–Kier alpha value is -6.58. The van der Waals surface area contributed by atoms with Crippen molar-refractivity contribution in [3.63, 3.8) is 0 Å². The molecule has 0 fully saturated rings. The molecule has 4 heterocycles. The molecule has 7 aromatic carbocycles. The summed E-state index contributed by atoms with van der Waals surface area (Å²) in [5.41, 5.74) is 8.45. The van der Waals surface area contributed by atoms with E-state index in [1.807, 2.05) is 18.5 Å². The van der Waals surface area contributed by atoms with E-state index in [0.717, 1.165) is 82.2 Å². The number of nitrogens with zero attached hydrogens (tertiary/aromatic N) is 6. The van der Waals surface area contributed by atoms with Gasteiger partial charge in [0, 0.05) is 55.5 Å². The van der Waals surface area contributed by atoms with Crippen molar-refractivity contribution in [3.8, 4) is 17.4 Å². The monoisotopic (exact) mass is 584 g/mol. The molecule has 0 saturated heterocycles. The summed E-state index contributed by atoms with van der Waals surface area (Å²) < 4.78 is 4.52. The molecular weight excluding hydrogens is 564 g/mol. The molecule has 6 heteroatoms. The zero-order chi connectivity index (χ0) is 30.1. The minimum atomic E-state index is 0.609. The van der Waals surface area contributed by atoms with E-state index < -0.39 is 0 Å². The van der Waals surface area contributed by atoms with E-state index >= 15 is 0 Å². The van der Waals surface area contributed by atoms with Gasteiger partial charge in [0.2, 0.25) is 0 Å². The van der Waals surface area contributed by atoms with Gasteiger partial charge in [0.1, 0.15) is 18.0 Å². The molecule has 0 N–H and O–H groups in total. The summed E-state index contributed by atoms with van der Waals surface area (Å²) in [6.07, 6.45) is 5.38. The molecule has 0 saturated carbocycles. The molecule has 0 unspecified atom stereocenters. The standard InChI is InChI=1S/C40H20N6/c41-19-27-29(45-31-14-1-7-22-24-11-6-18-43-39(24)25-9-3-16-33(45)37(25)35(22)31)12-5-13-30(27)46-32-15-2-8-23-28-20-42-21-44-40(28)26-10-4-17-34(46)38(26)36(23)32/h1-18,20-21H. The lowest BCUT2D eigenvalue weighted by Crippen LogP contribution is -2.03. The van der Waals surface area contributed by atoms with E-state index in [-0.39, 0.29) is 0 Å².